The van der Waals surface area contributed by atoms with Crippen molar-refractivity contribution in [3.63, 3.8) is 0 Å². The van der Waals surface area contributed by atoms with Crippen LogP contribution in [0.2, 0.25) is 0 Å². The number of hydrogen-bond donors (Lipinski definition) is 0. The lowest BCUT2D eigenvalue weighted by molar-refractivity contribution is 0.246. The summed E-state index contributed by atoms with van der Waals surface area (Å²) < 4.78 is 10.4. The second kappa shape index (κ2) is 6.31. The molecule has 0 radical (unpaired) electrons. The van der Waals surface area contributed by atoms with Gasteiger partial charge in [-0.2, -0.15) is 4.98 Å². The first-order chi connectivity index (χ1) is 10.7. The number of aromatic nitrogens is 3. The van der Waals surface area contributed by atoms with Crippen LogP contribution in [0.5, 0.6) is 5.88 Å². The molecule has 22 heavy (non-hydrogen) atoms. The van der Waals surface area contributed by atoms with Gasteiger partial charge in [-0.1, -0.05) is 5.16 Å². The fourth-order valence-corrected chi connectivity index (χ4v) is 2.66. The molecule has 0 aromatic carbocycles. The molecule has 3 rings (SSSR count). The first kappa shape index (κ1) is 14.8. The lowest BCUT2D eigenvalue weighted by Gasteiger charge is -2.34. The molecule has 2 aromatic rings. The predicted octanol–water partition coefficient (Wildman–Crippen LogP) is 1.41. The van der Waals surface area contributed by atoms with Crippen molar-refractivity contribution < 1.29 is 9.26 Å². The number of piperazine rings is 1. The summed E-state index contributed by atoms with van der Waals surface area (Å²) in [5.74, 6) is 2.25. The Bertz CT molecular complexity index is 615. The van der Waals surface area contributed by atoms with E-state index in [0.29, 0.717) is 5.88 Å². The lowest BCUT2D eigenvalue weighted by Crippen LogP contribution is -2.46. The van der Waals surface area contributed by atoms with Gasteiger partial charge in [-0.3, -0.25) is 4.90 Å². The van der Waals surface area contributed by atoms with E-state index in [1.165, 1.54) is 5.56 Å². The largest absolute Gasteiger partial charge is 0.481 e. The molecular formula is C15H21N5O2. The molecule has 0 unspecified atom stereocenters. The normalized spacial score (nSPS) is 16.0. The van der Waals surface area contributed by atoms with Crippen LogP contribution >= 0.6 is 0 Å². The van der Waals surface area contributed by atoms with Crippen molar-refractivity contribution in [2.24, 2.45) is 0 Å². The minimum Gasteiger partial charge on any atom is -0.481 e. The van der Waals surface area contributed by atoms with Crippen molar-refractivity contribution in [3.05, 3.63) is 29.3 Å². The Morgan fingerprint density at radius 2 is 2.00 bits per heavy atom. The van der Waals surface area contributed by atoms with Crippen LogP contribution < -0.4 is 9.64 Å². The van der Waals surface area contributed by atoms with E-state index in [1.54, 1.807) is 19.4 Å². The molecule has 0 saturated carbocycles. The van der Waals surface area contributed by atoms with E-state index < -0.39 is 0 Å². The molecule has 1 aliphatic rings. The van der Waals surface area contributed by atoms with E-state index in [9.17, 15) is 0 Å². The molecular weight excluding hydrogens is 282 g/mol. The summed E-state index contributed by atoms with van der Waals surface area (Å²) >= 11 is 0. The van der Waals surface area contributed by atoms with E-state index in [0.717, 1.165) is 50.1 Å². The Labute approximate surface area is 129 Å². The average Bonchev–Trinajstić information content (AvgIpc) is 2.87. The van der Waals surface area contributed by atoms with E-state index in [1.807, 2.05) is 13.8 Å². The average molecular weight is 303 g/mol. The zero-order valence-electron chi connectivity index (χ0n) is 13.2. The third-order valence-electron chi connectivity index (χ3n) is 4.04. The topological polar surface area (TPSA) is 67.5 Å². The van der Waals surface area contributed by atoms with Crippen molar-refractivity contribution in [3.8, 4) is 5.88 Å². The fourth-order valence-electron chi connectivity index (χ4n) is 2.66. The quantitative estimate of drug-likeness (QED) is 0.846. The van der Waals surface area contributed by atoms with Crippen LogP contribution in [-0.4, -0.2) is 53.3 Å². The zero-order valence-corrected chi connectivity index (χ0v) is 13.2. The number of ether oxygens (including phenoxy) is 1. The standard InChI is InChI=1S/C15H21N5O2/c1-11-13(12(2)22-18-11)10-19-6-8-20(9-7-19)15-16-5-4-14(17-15)21-3/h4-5H,6-10H2,1-3H3. The van der Waals surface area contributed by atoms with Gasteiger partial charge in [0.15, 0.2) is 0 Å². The van der Waals surface area contributed by atoms with Gasteiger partial charge >= 0.3 is 0 Å². The molecule has 2 aromatic heterocycles. The zero-order chi connectivity index (χ0) is 15.5. The highest BCUT2D eigenvalue weighted by atomic mass is 16.5. The van der Waals surface area contributed by atoms with Crippen molar-refractivity contribution >= 4 is 5.95 Å². The van der Waals surface area contributed by atoms with E-state index in [-0.39, 0.29) is 0 Å². The Morgan fingerprint density at radius 3 is 2.64 bits per heavy atom. The molecule has 0 aliphatic carbocycles. The Morgan fingerprint density at radius 1 is 1.23 bits per heavy atom. The third-order valence-corrected chi connectivity index (χ3v) is 4.04. The van der Waals surface area contributed by atoms with Crippen LogP contribution in [0.15, 0.2) is 16.8 Å². The van der Waals surface area contributed by atoms with Crippen LogP contribution in [0.1, 0.15) is 17.0 Å². The molecule has 0 spiro atoms. The highest BCUT2D eigenvalue weighted by molar-refractivity contribution is 5.32. The van der Waals surface area contributed by atoms with Crippen LogP contribution in [-0.2, 0) is 6.54 Å². The van der Waals surface area contributed by atoms with Gasteiger partial charge in [0.1, 0.15) is 5.76 Å². The molecule has 0 N–H and O–H groups in total. The van der Waals surface area contributed by atoms with Crippen molar-refractivity contribution in [2.45, 2.75) is 20.4 Å². The molecule has 1 saturated heterocycles. The highest BCUT2D eigenvalue weighted by Gasteiger charge is 2.21. The van der Waals surface area contributed by atoms with Gasteiger partial charge in [0.05, 0.1) is 12.8 Å². The maximum absolute atomic E-state index is 5.23. The van der Waals surface area contributed by atoms with Gasteiger partial charge in [0, 0.05) is 50.6 Å². The summed E-state index contributed by atoms with van der Waals surface area (Å²) in [5.41, 5.74) is 2.18. The number of hydrogen-bond acceptors (Lipinski definition) is 7. The van der Waals surface area contributed by atoms with Crippen LogP contribution in [0.25, 0.3) is 0 Å². The third kappa shape index (κ3) is 3.04. The number of anilines is 1. The monoisotopic (exact) mass is 303 g/mol. The van der Waals surface area contributed by atoms with Gasteiger partial charge in [-0.15, -0.1) is 0 Å². The van der Waals surface area contributed by atoms with Crippen molar-refractivity contribution in [1.82, 2.24) is 20.0 Å². The number of nitrogens with zero attached hydrogens (tertiary/aromatic N) is 5. The molecule has 118 valence electrons. The summed E-state index contributed by atoms with van der Waals surface area (Å²) in [7, 11) is 1.62. The molecule has 1 aliphatic heterocycles. The number of methoxy groups -OCH3 is 1. The van der Waals surface area contributed by atoms with Crippen LogP contribution in [0.3, 0.4) is 0 Å². The van der Waals surface area contributed by atoms with Gasteiger partial charge in [0.2, 0.25) is 11.8 Å². The highest BCUT2D eigenvalue weighted by Crippen LogP contribution is 2.18. The second-order valence-corrected chi connectivity index (χ2v) is 5.46. The maximum Gasteiger partial charge on any atom is 0.228 e. The van der Waals surface area contributed by atoms with E-state index in [2.05, 4.69) is 24.9 Å². The predicted molar refractivity (Wildman–Crippen MR) is 82.1 cm³/mol. The summed E-state index contributed by atoms with van der Waals surface area (Å²) in [6.45, 7) is 8.57. The Hall–Kier alpha value is -2.15. The SMILES string of the molecule is COc1ccnc(N2CCN(Cc3c(C)noc3C)CC2)n1. The Balaban J connectivity index is 1.60. The first-order valence-electron chi connectivity index (χ1n) is 7.43. The maximum atomic E-state index is 5.23. The van der Waals surface area contributed by atoms with Crippen molar-refractivity contribution in [1.29, 1.82) is 0 Å². The lowest BCUT2D eigenvalue weighted by atomic mass is 10.2. The minimum atomic E-state index is 0.600. The number of rotatable bonds is 4. The van der Waals surface area contributed by atoms with E-state index in [4.69, 9.17) is 9.26 Å². The first-order valence-corrected chi connectivity index (χ1v) is 7.43. The summed E-state index contributed by atoms with van der Waals surface area (Å²) in [6, 6.07) is 1.76. The molecule has 0 amide bonds. The van der Waals surface area contributed by atoms with Crippen LogP contribution in [0.4, 0.5) is 5.95 Å². The summed E-state index contributed by atoms with van der Waals surface area (Å²) in [4.78, 5) is 13.3. The van der Waals surface area contributed by atoms with Gasteiger partial charge in [-0.05, 0) is 13.8 Å². The molecule has 1 fully saturated rings. The summed E-state index contributed by atoms with van der Waals surface area (Å²) in [5, 5.41) is 4.02. The van der Waals surface area contributed by atoms with Crippen LogP contribution in [0, 0.1) is 13.8 Å². The second-order valence-electron chi connectivity index (χ2n) is 5.46. The van der Waals surface area contributed by atoms with Crippen molar-refractivity contribution in [2.75, 3.05) is 38.2 Å². The number of aryl methyl sites for hydroxylation is 2. The molecule has 0 bridgehead atoms. The van der Waals surface area contributed by atoms with E-state index >= 15 is 0 Å². The molecule has 7 nitrogen and oxygen atoms in total. The minimum absolute atomic E-state index is 0.600. The van der Waals surface area contributed by atoms with Gasteiger partial charge in [0.25, 0.3) is 0 Å². The fraction of sp³-hybridized carbons (Fsp3) is 0.533. The molecule has 3 heterocycles. The molecule has 7 heteroatoms. The molecule has 0 atom stereocenters. The summed E-state index contributed by atoms with van der Waals surface area (Å²) in [6.07, 6.45) is 1.73. The smallest absolute Gasteiger partial charge is 0.228 e. The van der Waals surface area contributed by atoms with Gasteiger partial charge < -0.3 is 14.2 Å². The van der Waals surface area contributed by atoms with Gasteiger partial charge in [-0.25, -0.2) is 4.98 Å². The Kier molecular flexibility index (Phi) is 4.24.